The number of amides is 1. The van der Waals surface area contributed by atoms with E-state index in [2.05, 4.69) is 41.0 Å². The van der Waals surface area contributed by atoms with Crippen molar-refractivity contribution in [2.75, 3.05) is 44.7 Å². The van der Waals surface area contributed by atoms with Gasteiger partial charge in [0.2, 0.25) is 0 Å². The number of aryl methyl sites for hydroxylation is 1. The molecule has 3 aromatic carbocycles. The van der Waals surface area contributed by atoms with Gasteiger partial charge >= 0.3 is 0 Å². The third-order valence-electron chi connectivity index (χ3n) is 7.07. The summed E-state index contributed by atoms with van der Waals surface area (Å²) in [6.45, 7) is 6.72. The molecule has 1 unspecified atom stereocenters. The SMILES string of the molecule is CO[NH2+]c1cc(C(=O)NO)ccc1N1CCN(CCCC(c2ccc(C)cc2)c2ccc(F)cc2)CC1. The van der Waals surface area contributed by atoms with Crippen LogP contribution in [0.25, 0.3) is 0 Å². The topological polar surface area (TPSA) is 81.6 Å². The van der Waals surface area contributed by atoms with Crippen LogP contribution in [0.15, 0.2) is 66.7 Å². The van der Waals surface area contributed by atoms with E-state index in [4.69, 9.17) is 10.0 Å². The number of hydroxylamine groups is 1. The van der Waals surface area contributed by atoms with Gasteiger partial charge in [-0.3, -0.25) is 14.9 Å². The Bertz CT molecular complexity index is 1120. The first kappa shape index (κ1) is 26.8. The molecule has 4 rings (SSSR count). The molecule has 1 aliphatic heterocycles. The van der Waals surface area contributed by atoms with Gasteiger partial charge in [0, 0.05) is 43.7 Å². The van der Waals surface area contributed by atoms with E-state index in [-0.39, 0.29) is 11.7 Å². The van der Waals surface area contributed by atoms with E-state index in [9.17, 15) is 9.18 Å². The second kappa shape index (κ2) is 12.8. The number of anilines is 1. The smallest absolute Gasteiger partial charge is 0.274 e. The zero-order valence-electron chi connectivity index (χ0n) is 21.5. The van der Waals surface area contributed by atoms with Crippen LogP contribution in [0.4, 0.5) is 15.8 Å². The standard InChI is InChI=1S/C29H35FN4O3/c1-21-5-7-22(8-6-21)26(23-9-12-25(30)13-10-23)4-3-15-33-16-18-34(19-17-33)28-14-11-24(29(35)31-36)20-27(28)32-37-2/h5-14,20,26,32,36H,3-4,15-19H2,1-2H3,(H,31,35)/p+1. The van der Waals surface area contributed by atoms with Crippen molar-refractivity contribution in [2.24, 2.45) is 0 Å². The molecular weight excluding hydrogens is 471 g/mol. The van der Waals surface area contributed by atoms with E-state index in [0.717, 1.165) is 62.5 Å². The molecule has 1 atom stereocenters. The van der Waals surface area contributed by atoms with Crippen LogP contribution < -0.4 is 15.9 Å². The monoisotopic (exact) mass is 507 g/mol. The highest BCUT2D eigenvalue weighted by molar-refractivity contribution is 5.94. The Balaban J connectivity index is 1.35. The summed E-state index contributed by atoms with van der Waals surface area (Å²) in [7, 11) is 1.58. The minimum atomic E-state index is -0.549. The fourth-order valence-corrected chi connectivity index (χ4v) is 5.02. The van der Waals surface area contributed by atoms with Gasteiger partial charge < -0.3 is 4.90 Å². The van der Waals surface area contributed by atoms with Crippen molar-refractivity contribution in [1.82, 2.24) is 10.4 Å². The van der Waals surface area contributed by atoms with Crippen LogP contribution in [-0.4, -0.2) is 55.8 Å². The predicted molar refractivity (Wildman–Crippen MR) is 142 cm³/mol. The van der Waals surface area contributed by atoms with Gasteiger partial charge in [0.25, 0.3) is 5.91 Å². The number of nitrogens with zero attached hydrogens (tertiary/aromatic N) is 2. The van der Waals surface area contributed by atoms with Gasteiger partial charge in [-0.15, -0.1) is 0 Å². The number of hydrogen-bond donors (Lipinski definition) is 3. The molecule has 1 heterocycles. The second-order valence-electron chi connectivity index (χ2n) is 9.55. The number of piperazine rings is 1. The van der Waals surface area contributed by atoms with Crippen molar-refractivity contribution in [1.29, 1.82) is 0 Å². The molecule has 7 nitrogen and oxygen atoms in total. The van der Waals surface area contributed by atoms with E-state index in [1.807, 2.05) is 18.2 Å². The highest BCUT2D eigenvalue weighted by atomic mass is 19.1. The molecule has 0 radical (unpaired) electrons. The fourth-order valence-electron chi connectivity index (χ4n) is 5.02. The Morgan fingerprint density at radius 3 is 2.30 bits per heavy atom. The maximum absolute atomic E-state index is 13.5. The van der Waals surface area contributed by atoms with Crippen LogP contribution in [0.3, 0.4) is 0 Å². The summed E-state index contributed by atoms with van der Waals surface area (Å²) in [5, 5.41) is 8.94. The van der Waals surface area contributed by atoms with Crippen LogP contribution in [0.2, 0.25) is 0 Å². The summed E-state index contributed by atoms with van der Waals surface area (Å²) in [4.78, 5) is 21.8. The maximum Gasteiger partial charge on any atom is 0.274 e. The summed E-state index contributed by atoms with van der Waals surface area (Å²) in [6.07, 6.45) is 2.04. The lowest BCUT2D eigenvalue weighted by Gasteiger charge is -2.36. The minimum absolute atomic E-state index is 0.207. The molecule has 0 aliphatic carbocycles. The molecule has 0 spiro atoms. The summed E-state index contributed by atoms with van der Waals surface area (Å²) in [5.74, 6) is -0.516. The molecule has 1 aliphatic rings. The van der Waals surface area contributed by atoms with Gasteiger partial charge in [0.05, 0.1) is 7.11 Å². The third-order valence-corrected chi connectivity index (χ3v) is 7.07. The van der Waals surface area contributed by atoms with Crippen LogP contribution in [0.1, 0.15) is 45.8 Å². The van der Waals surface area contributed by atoms with Crippen LogP contribution >= 0.6 is 0 Å². The predicted octanol–water partition coefficient (Wildman–Crippen LogP) is 3.74. The van der Waals surface area contributed by atoms with Gasteiger partial charge in [-0.25, -0.2) is 14.7 Å². The summed E-state index contributed by atoms with van der Waals surface area (Å²) in [5.41, 5.74) is 9.13. The molecule has 196 valence electrons. The molecular formula is C29H36FN4O3+. The van der Waals surface area contributed by atoms with Crippen molar-refractivity contribution in [2.45, 2.75) is 25.7 Å². The molecule has 1 saturated heterocycles. The highest BCUT2D eigenvalue weighted by Gasteiger charge is 2.23. The molecule has 37 heavy (non-hydrogen) atoms. The summed E-state index contributed by atoms with van der Waals surface area (Å²) < 4.78 is 13.5. The first-order valence-electron chi connectivity index (χ1n) is 12.7. The van der Waals surface area contributed by atoms with Crippen molar-refractivity contribution >= 4 is 17.3 Å². The largest absolute Gasteiger partial charge is 0.364 e. The van der Waals surface area contributed by atoms with Crippen LogP contribution in [-0.2, 0) is 4.84 Å². The van der Waals surface area contributed by atoms with E-state index in [0.29, 0.717) is 5.56 Å². The molecule has 0 aromatic heterocycles. The van der Waals surface area contributed by atoms with Crippen molar-refractivity contribution in [3.05, 3.63) is 94.8 Å². The lowest BCUT2D eigenvalue weighted by Crippen LogP contribution is -2.76. The van der Waals surface area contributed by atoms with E-state index in [1.165, 1.54) is 11.1 Å². The van der Waals surface area contributed by atoms with Gasteiger partial charge in [0.1, 0.15) is 11.5 Å². The first-order valence-corrected chi connectivity index (χ1v) is 12.7. The molecule has 0 bridgehead atoms. The first-order chi connectivity index (χ1) is 18.0. The van der Waals surface area contributed by atoms with Crippen molar-refractivity contribution in [3.8, 4) is 0 Å². The zero-order chi connectivity index (χ0) is 26.2. The van der Waals surface area contributed by atoms with E-state index in [1.54, 1.807) is 42.3 Å². The number of carbonyl (C=O) groups excluding carboxylic acids is 1. The Kier molecular flexibility index (Phi) is 9.24. The molecule has 1 fully saturated rings. The molecule has 8 heteroatoms. The summed E-state index contributed by atoms with van der Waals surface area (Å²) >= 11 is 0. The van der Waals surface area contributed by atoms with Crippen LogP contribution in [0, 0.1) is 12.7 Å². The van der Waals surface area contributed by atoms with Gasteiger partial charge in [-0.2, -0.15) is 5.48 Å². The van der Waals surface area contributed by atoms with Gasteiger partial charge in [-0.05, 0) is 61.7 Å². The summed E-state index contributed by atoms with van der Waals surface area (Å²) in [6, 6.07) is 20.9. The Morgan fingerprint density at radius 2 is 1.68 bits per heavy atom. The molecule has 4 N–H and O–H groups in total. The van der Waals surface area contributed by atoms with E-state index < -0.39 is 5.91 Å². The average Bonchev–Trinajstić information content (AvgIpc) is 2.92. The average molecular weight is 508 g/mol. The Morgan fingerprint density at radius 1 is 1.03 bits per heavy atom. The second-order valence-corrected chi connectivity index (χ2v) is 9.55. The quantitative estimate of drug-likeness (QED) is 0.221. The van der Waals surface area contributed by atoms with Gasteiger partial charge in [0.15, 0.2) is 5.69 Å². The van der Waals surface area contributed by atoms with E-state index >= 15 is 0 Å². The Labute approximate surface area is 217 Å². The van der Waals surface area contributed by atoms with Gasteiger partial charge in [-0.1, -0.05) is 42.0 Å². The third kappa shape index (κ3) is 6.93. The van der Waals surface area contributed by atoms with Crippen molar-refractivity contribution in [3.63, 3.8) is 0 Å². The number of benzene rings is 3. The number of quaternary nitrogens is 1. The number of carbonyl (C=O) groups is 1. The Hall–Kier alpha value is -3.30. The van der Waals surface area contributed by atoms with Crippen LogP contribution in [0.5, 0.6) is 0 Å². The zero-order valence-corrected chi connectivity index (χ0v) is 21.5. The van der Waals surface area contributed by atoms with Crippen molar-refractivity contribution < 1.29 is 24.7 Å². The number of hydrogen-bond acceptors (Lipinski definition) is 5. The highest BCUT2D eigenvalue weighted by Crippen LogP contribution is 2.30. The number of halogens is 1. The number of nitrogens with one attached hydrogen (secondary N) is 1. The number of rotatable bonds is 10. The molecule has 1 amide bonds. The molecule has 3 aromatic rings. The normalized spacial score (nSPS) is 15.0. The lowest BCUT2D eigenvalue weighted by molar-refractivity contribution is -0.829. The number of nitrogens with two attached hydrogens (primary N) is 1. The fraction of sp³-hybridized carbons (Fsp3) is 0.345. The molecule has 0 saturated carbocycles. The lowest BCUT2D eigenvalue weighted by atomic mass is 9.87. The minimum Gasteiger partial charge on any atom is -0.364 e. The maximum atomic E-state index is 13.5.